The number of halogens is 1. The highest BCUT2D eigenvalue weighted by molar-refractivity contribution is 6.32. The van der Waals surface area contributed by atoms with Gasteiger partial charge in [-0.1, -0.05) is 11.6 Å². The van der Waals surface area contributed by atoms with E-state index in [4.69, 9.17) is 21.1 Å². The van der Waals surface area contributed by atoms with E-state index in [0.29, 0.717) is 13.2 Å². The number of hydrogen-bond donors (Lipinski definition) is 1. The van der Waals surface area contributed by atoms with Crippen molar-refractivity contribution in [2.45, 2.75) is 26.3 Å². The largest absolute Gasteiger partial charge is 0.496 e. The molecule has 1 aromatic carbocycles. The maximum absolute atomic E-state index is 6.44. The number of nitrogens with one attached hydrogen (secondary N) is 1. The number of hydrogen-bond acceptors (Lipinski definition) is 3. The molecule has 1 aliphatic rings. The lowest BCUT2D eigenvalue weighted by Gasteiger charge is -2.43. The van der Waals surface area contributed by atoms with Gasteiger partial charge < -0.3 is 14.8 Å². The zero-order valence-electron chi connectivity index (χ0n) is 11.6. The van der Waals surface area contributed by atoms with Crippen molar-refractivity contribution in [2.75, 3.05) is 27.4 Å². The molecule has 4 heteroatoms. The van der Waals surface area contributed by atoms with E-state index in [-0.39, 0.29) is 5.54 Å². The molecule has 0 unspecified atom stereocenters. The van der Waals surface area contributed by atoms with Crippen LogP contribution in [0.1, 0.15) is 22.3 Å². The molecule has 0 amide bonds. The summed E-state index contributed by atoms with van der Waals surface area (Å²) in [6.45, 7) is 7.43. The Hall–Kier alpha value is -0.770. The fraction of sp³-hybridized carbons (Fsp3) is 0.571. The zero-order valence-corrected chi connectivity index (χ0v) is 12.4. The van der Waals surface area contributed by atoms with Crippen molar-refractivity contribution >= 4 is 11.6 Å². The predicted molar refractivity (Wildman–Crippen MR) is 73.8 cm³/mol. The van der Waals surface area contributed by atoms with Crippen molar-refractivity contribution < 1.29 is 9.47 Å². The summed E-state index contributed by atoms with van der Waals surface area (Å²) >= 11 is 6.44. The van der Waals surface area contributed by atoms with E-state index in [2.05, 4.69) is 5.32 Å². The van der Waals surface area contributed by atoms with Gasteiger partial charge in [-0.2, -0.15) is 0 Å². The van der Waals surface area contributed by atoms with Gasteiger partial charge in [0.05, 0.1) is 25.9 Å². The molecule has 0 aliphatic carbocycles. The number of ether oxygens (including phenoxy) is 2. The Morgan fingerprint density at radius 1 is 1.17 bits per heavy atom. The summed E-state index contributed by atoms with van der Waals surface area (Å²) in [6, 6.07) is 0. The predicted octanol–water partition coefficient (Wildman–Crippen LogP) is 2.72. The van der Waals surface area contributed by atoms with Crippen molar-refractivity contribution in [1.29, 1.82) is 0 Å². The molecule has 0 bridgehead atoms. The first-order chi connectivity index (χ1) is 8.48. The molecule has 2 rings (SSSR count). The molecular formula is C14H20ClNO2. The minimum Gasteiger partial charge on any atom is -0.496 e. The highest BCUT2D eigenvalue weighted by atomic mass is 35.5. The third kappa shape index (κ3) is 1.73. The molecule has 1 heterocycles. The van der Waals surface area contributed by atoms with Crippen molar-refractivity contribution in [3.05, 3.63) is 27.3 Å². The molecule has 0 aromatic heterocycles. The molecule has 0 spiro atoms. The van der Waals surface area contributed by atoms with Gasteiger partial charge in [-0.3, -0.25) is 0 Å². The van der Waals surface area contributed by atoms with Crippen molar-refractivity contribution in [3.63, 3.8) is 0 Å². The average Bonchev–Trinajstić information content (AvgIpc) is 2.32. The molecule has 0 radical (unpaired) electrons. The Morgan fingerprint density at radius 3 is 2.17 bits per heavy atom. The summed E-state index contributed by atoms with van der Waals surface area (Å²) in [5.74, 6) is 0.923. The summed E-state index contributed by atoms with van der Waals surface area (Å²) in [7, 11) is 3.66. The zero-order chi connectivity index (χ0) is 13.5. The monoisotopic (exact) mass is 269 g/mol. The van der Waals surface area contributed by atoms with Crippen LogP contribution in [0.5, 0.6) is 5.75 Å². The number of methoxy groups -OCH3 is 1. The van der Waals surface area contributed by atoms with E-state index in [1.54, 1.807) is 7.11 Å². The van der Waals surface area contributed by atoms with Crippen LogP contribution in [0.4, 0.5) is 0 Å². The SMILES string of the molecule is CNC1(c2c(C)c(Cl)c(C)c(C)c2OC)COC1. The van der Waals surface area contributed by atoms with Gasteiger partial charge in [0, 0.05) is 10.6 Å². The molecule has 1 fully saturated rings. The Labute approximate surface area is 113 Å². The second-order valence-corrected chi connectivity index (χ2v) is 5.30. The van der Waals surface area contributed by atoms with Gasteiger partial charge in [0.15, 0.2) is 0 Å². The van der Waals surface area contributed by atoms with Crippen molar-refractivity contribution in [3.8, 4) is 5.75 Å². The van der Waals surface area contributed by atoms with Crippen LogP contribution in [0.3, 0.4) is 0 Å². The Morgan fingerprint density at radius 2 is 1.78 bits per heavy atom. The summed E-state index contributed by atoms with van der Waals surface area (Å²) in [5, 5.41) is 4.18. The van der Waals surface area contributed by atoms with Gasteiger partial charge in [0.25, 0.3) is 0 Å². The normalized spacial score (nSPS) is 17.4. The third-order valence-electron chi connectivity index (χ3n) is 4.02. The third-order valence-corrected chi connectivity index (χ3v) is 4.59. The van der Waals surface area contributed by atoms with Gasteiger partial charge in [-0.05, 0) is 44.5 Å². The van der Waals surface area contributed by atoms with E-state index in [1.807, 2.05) is 27.8 Å². The highest BCUT2D eigenvalue weighted by Gasteiger charge is 2.43. The van der Waals surface area contributed by atoms with Gasteiger partial charge in [0.1, 0.15) is 5.75 Å². The Bertz CT molecular complexity index is 476. The van der Waals surface area contributed by atoms with Crippen LogP contribution in [-0.4, -0.2) is 27.4 Å². The minimum atomic E-state index is -0.169. The minimum absolute atomic E-state index is 0.169. The lowest BCUT2D eigenvalue weighted by molar-refractivity contribution is -0.0760. The smallest absolute Gasteiger partial charge is 0.127 e. The molecule has 1 aromatic rings. The molecule has 3 nitrogen and oxygen atoms in total. The van der Waals surface area contributed by atoms with Crippen LogP contribution in [0.25, 0.3) is 0 Å². The maximum atomic E-state index is 6.44. The summed E-state index contributed by atoms with van der Waals surface area (Å²) in [6.07, 6.45) is 0. The first-order valence-electron chi connectivity index (χ1n) is 6.09. The topological polar surface area (TPSA) is 30.5 Å². The van der Waals surface area contributed by atoms with E-state index in [9.17, 15) is 0 Å². The molecule has 100 valence electrons. The summed E-state index contributed by atoms with van der Waals surface area (Å²) < 4.78 is 11.0. The maximum Gasteiger partial charge on any atom is 0.127 e. The van der Waals surface area contributed by atoms with Crippen LogP contribution in [0, 0.1) is 20.8 Å². The van der Waals surface area contributed by atoms with Crippen molar-refractivity contribution in [1.82, 2.24) is 5.32 Å². The van der Waals surface area contributed by atoms with E-state index < -0.39 is 0 Å². The number of benzene rings is 1. The number of likely N-dealkylation sites (N-methyl/N-ethyl adjacent to an activating group) is 1. The highest BCUT2D eigenvalue weighted by Crippen LogP contribution is 2.44. The van der Waals surface area contributed by atoms with Crippen LogP contribution >= 0.6 is 11.6 Å². The van der Waals surface area contributed by atoms with Crippen LogP contribution in [-0.2, 0) is 10.3 Å². The average molecular weight is 270 g/mol. The molecule has 1 N–H and O–H groups in total. The molecule has 0 atom stereocenters. The summed E-state index contributed by atoms with van der Waals surface area (Å²) in [4.78, 5) is 0. The van der Waals surface area contributed by atoms with Crippen LogP contribution in [0.15, 0.2) is 0 Å². The van der Waals surface area contributed by atoms with Crippen molar-refractivity contribution in [2.24, 2.45) is 0 Å². The fourth-order valence-electron chi connectivity index (χ4n) is 2.63. The second kappa shape index (κ2) is 4.72. The Kier molecular flexibility index (Phi) is 3.58. The molecule has 1 saturated heterocycles. The van der Waals surface area contributed by atoms with Gasteiger partial charge in [-0.25, -0.2) is 0 Å². The molecule has 18 heavy (non-hydrogen) atoms. The van der Waals surface area contributed by atoms with Gasteiger partial charge in [-0.15, -0.1) is 0 Å². The van der Waals surface area contributed by atoms with Gasteiger partial charge in [0.2, 0.25) is 0 Å². The first kappa shape index (κ1) is 13.7. The Balaban J connectivity index is 2.73. The van der Waals surface area contributed by atoms with Gasteiger partial charge >= 0.3 is 0 Å². The fourth-order valence-corrected chi connectivity index (χ4v) is 2.87. The van der Waals surface area contributed by atoms with E-state index >= 15 is 0 Å². The standard InChI is InChI=1S/C14H20ClNO2/c1-8-9(2)13(17-5)11(10(3)12(8)15)14(16-4)6-18-7-14/h16H,6-7H2,1-5H3. The lowest BCUT2D eigenvalue weighted by Crippen LogP contribution is -2.56. The van der Waals surface area contributed by atoms with Crippen LogP contribution in [0.2, 0.25) is 5.02 Å². The molecule has 1 aliphatic heterocycles. The molecular weight excluding hydrogens is 250 g/mol. The number of rotatable bonds is 3. The van der Waals surface area contributed by atoms with E-state index in [0.717, 1.165) is 33.0 Å². The van der Waals surface area contributed by atoms with Crippen LogP contribution < -0.4 is 10.1 Å². The quantitative estimate of drug-likeness (QED) is 0.915. The summed E-state index contributed by atoms with van der Waals surface area (Å²) in [5.41, 5.74) is 4.23. The van der Waals surface area contributed by atoms with E-state index in [1.165, 1.54) is 0 Å². The first-order valence-corrected chi connectivity index (χ1v) is 6.46. The molecule has 0 saturated carbocycles. The second-order valence-electron chi connectivity index (χ2n) is 4.92. The lowest BCUT2D eigenvalue weighted by atomic mass is 9.82.